The Labute approximate surface area is 106 Å². The normalized spacial score (nSPS) is 12.3. The van der Waals surface area contributed by atoms with Gasteiger partial charge in [-0.1, -0.05) is 24.3 Å². The molecule has 2 rings (SSSR count). The largest absolute Gasteiger partial charge is 0.348 e. The topological polar surface area (TPSA) is 68.0 Å². The summed E-state index contributed by atoms with van der Waals surface area (Å²) in [5, 5.41) is 3.91. The van der Waals surface area contributed by atoms with Gasteiger partial charge in [0.2, 0.25) is 0 Å². The molecule has 2 aromatic rings. The summed E-state index contributed by atoms with van der Waals surface area (Å²) in [5.74, 6) is -0.151. The Hall–Kier alpha value is -1.94. The van der Waals surface area contributed by atoms with Gasteiger partial charge in [-0.15, -0.1) is 0 Å². The van der Waals surface area contributed by atoms with Gasteiger partial charge >= 0.3 is 0 Å². The molecule has 4 nitrogen and oxygen atoms in total. The summed E-state index contributed by atoms with van der Waals surface area (Å²) >= 11 is 0. The van der Waals surface area contributed by atoms with Crippen LogP contribution in [0.4, 0.5) is 0 Å². The molecule has 0 fully saturated rings. The van der Waals surface area contributed by atoms with Crippen LogP contribution in [0.5, 0.6) is 0 Å². The zero-order chi connectivity index (χ0) is 13.0. The molecule has 0 aliphatic heterocycles. The summed E-state index contributed by atoms with van der Waals surface area (Å²) < 4.78 is 0. The number of fused-ring (bicyclic) bond motifs is 1. The second-order valence-electron chi connectivity index (χ2n) is 4.34. The summed E-state index contributed by atoms with van der Waals surface area (Å²) in [5.41, 5.74) is 6.72. The van der Waals surface area contributed by atoms with E-state index in [-0.39, 0.29) is 11.9 Å². The molecule has 1 atom stereocenters. The van der Waals surface area contributed by atoms with Crippen LogP contribution in [0.3, 0.4) is 0 Å². The van der Waals surface area contributed by atoms with Crippen LogP contribution in [-0.4, -0.2) is 23.5 Å². The zero-order valence-corrected chi connectivity index (χ0v) is 10.4. The monoisotopic (exact) mass is 243 g/mol. The minimum absolute atomic E-state index is 0.0655. The summed E-state index contributed by atoms with van der Waals surface area (Å²) in [6.07, 6.45) is 0.763. The highest BCUT2D eigenvalue weighted by atomic mass is 16.1. The Kier molecular flexibility index (Phi) is 3.89. The minimum atomic E-state index is -0.151. The number of carbonyl (C=O) groups is 1. The number of carbonyl (C=O) groups excluding carboxylic acids is 1. The van der Waals surface area contributed by atoms with E-state index < -0.39 is 0 Å². The number of para-hydroxylation sites is 1. The van der Waals surface area contributed by atoms with Crippen LogP contribution in [-0.2, 0) is 0 Å². The van der Waals surface area contributed by atoms with Gasteiger partial charge in [-0.25, -0.2) is 4.98 Å². The number of pyridine rings is 1. The number of hydrogen-bond acceptors (Lipinski definition) is 3. The molecular weight excluding hydrogens is 226 g/mol. The number of nitrogens with zero attached hydrogens (tertiary/aromatic N) is 1. The van der Waals surface area contributed by atoms with Gasteiger partial charge in [0.05, 0.1) is 5.52 Å². The second kappa shape index (κ2) is 5.60. The van der Waals surface area contributed by atoms with E-state index in [1.807, 2.05) is 37.3 Å². The maximum atomic E-state index is 12.0. The first-order valence-electron chi connectivity index (χ1n) is 6.07. The van der Waals surface area contributed by atoms with E-state index in [0.717, 1.165) is 17.3 Å². The molecule has 0 saturated heterocycles. The van der Waals surface area contributed by atoms with Crippen molar-refractivity contribution in [2.24, 2.45) is 5.73 Å². The first-order chi connectivity index (χ1) is 8.70. The molecule has 1 amide bonds. The van der Waals surface area contributed by atoms with Gasteiger partial charge in [0, 0.05) is 11.4 Å². The average molecular weight is 243 g/mol. The quantitative estimate of drug-likeness (QED) is 0.858. The zero-order valence-electron chi connectivity index (χ0n) is 10.4. The van der Waals surface area contributed by atoms with Crippen LogP contribution in [0.15, 0.2) is 36.4 Å². The van der Waals surface area contributed by atoms with Crippen molar-refractivity contribution < 1.29 is 4.79 Å². The third-order valence-electron chi connectivity index (χ3n) is 2.81. The fraction of sp³-hybridized carbons (Fsp3) is 0.286. The molecule has 0 bridgehead atoms. The first kappa shape index (κ1) is 12.5. The Morgan fingerprint density at radius 2 is 2.11 bits per heavy atom. The molecule has 1 unspecified atom stereocenters. The predicted molar refractivity (Wildman–Crippen MR) is 72.3 cm³/mol. The standard InChI is InChI=1S/C14H17N3O/c1-10(8-9-15)16-14(18)13-7-6-11-4-2-3-5-12(11)17-13/h2-7,10H,8-9,15H2,1H3,(H,16,18). The number of benzene rings is 1. The Bertz CT molecular complexity index is 553. The number of amides is 1. The Morgan fingerprint density at radius 3 is 2.89 bits per heavy atom. The van der Waals surface area contributed by atoms with Crippen molar-refractivity contribution in [1.29, 1.82) is 0 Å². The molecule has 0 aliphatic carbocycles. The Morgan fingerprint density at radius 1 is 1.33 bits per heavy atom. The second-order valence-corrected chi connectivity index (χ2v) is 4.34. The van der Waals surface area contributed by atoms with Gasteiger partial charge in [-0.05, 0) is 32.0 Å². The van der Waals surface area contributed by atoms with E-state index in [0.29, 0.717) is 12.2 Å². The lowest BCUT2D eigenvalue weighted by atomic mass is 10.2. The molecule has 0 aliphatic rings. The summed E-state index contributed by atoms with van der Waals surface area (Å²) in [6.45, 7) is 2.50. The van der Waals surface area contributed by atoms with E-state index in [1.54, 1.807) is 6.07 Å². The van der Waals surface area contributed by atoms with Crippen LogP contribution >= 0.6 is 0 Å². The maximum Gasteiger partial charge on any atom is 0.270 e. The van der Waals surface area contributed by atoms with Gasteiger partial charge in [0.15, 0.2) is 0 Å². The molecule has 1 aromatic heterocycles. The lowest BCUT2D eigenvalue weighted by molar-refractivity contribution is 0.0934. The SMILES string of the molecule is CC(CCN)NC(=O)c1ccc2ccccc2n1. The van der Waals surface area contributed by atoms with Crippen LogP contribution in [0, 0.1) is 0 Å². The van der Waals surface area contributed by atoms with E-state index in [4.69, 9.17) is 5.73 Å². The molecule has 4 heteroatoms. The summed E-state index contributed by atoms with van der Waals surface area (Å²) in [7, 11) is 0. The van der Waals surface area contributed by atoms with Gasteiger partial charge < -0.3 is 11.1 Å². The maximum absolute atomic E-state index is 12.0. The molecular formula is C14H17N3O. The van der Waals surface area contributed by atoms with Crippen molar-refractivity contribution in [1.82, 2.24) is 10.3 Å². The van der Waals surface area contributed by atoms with E-state index in [1.165, 1.54) is 0 Å². The third-order valence-corrected chi connectivity index (χ3v) is 2.81. The fourth-order valence-corrected chi connectivity index (χ4v) is 1.81. The van der Waals surface area contributed by atoms with Crippen molar-refractivity contribution in [2.75, 3.05) is 6.54 Å². The van der Waals surface area contributed by atoms with E-state index in [9.17, 15) is 4.79 Å². The highest BCUT2D eigenvalue weighted by molar-refractivity contribution is 5.94. The molecule has 0 spiro atoms. The summed E-state index contributed by atoms with van der Waals surface area (Å²) in [6, 6.07) is 11.4. The van der Waals surface area contributed by atoms with Crippen LogP contribution in [0.25, 0.3) is 10.9 Å². The summed E-state index contributed by atoms with van der Waals surface area (Å²) in [4.78, 5) is 16.3. The van der Waals surface area contributed by atoms with E-state index >= 15 is 0 Å². The third kappa shape index (κ3) is 2.84. The highest BCUT2D eigenvalue weighted by Crippen LogP contribution is 2.11. The molecule has 18 heavy (non-hydrogen) atoms. The average Bonchev–Trinajstić information content (AvgIpc) is 2.38. The number of nitrogens with one attached hydrogen (secondary N) is 1. The number of rotatable bonds is 4. The van der Waals surface area contributed by atoms with Crippen LogP contribution in [0.2, 0.25) is 0 Å². The number of nitrogens with two attached hydrogens (primary N) is 1. The number of aromatic nitrogens is 1. The van der Waals surface area contributed by atoms with Gasteiger partial charge in [-0.3, -0.25) is 4.79 Å². The van der Waals surface area contributed by atoms with Gasteiger partial charge in [0.1, 0.15) is 5.69 Å². The van der Waals surface area contributed by atoms with Crippen molar-refractivity contribution >= 4 is 16.8 Å². The molecule has 1 aromatic carbocycles. The van der Waals surface area contributed by atoms with E-state index in [2.05, 4.69) is 10.3 Å². The van der Waals surface area contributed by atoms with Crippen molar-refractivity contribution in [2.45, 2.75) is 19.4 Å². The highest BCUT2D eigenvalue weighted by Gasteiger charge is 2.10. The van der Waals surface area contributed by atoms with Gasteiger partial charge in [-0.2, -0.15) is 0 Å². The Balaban J connectivity index is 2.17. The first-order valence-corrected chi connectivity index (χ1v) is 6.07. The van der Waals surface area contributed by atoms with Crippen molar-refractivity contribution in [3.63, 3.8) is 0 Å². The smallest absolute Gasteiger partial charge is 0.270 e. The lowest BCUT2D eigenvalue weighted by Gasteiger charge is -2.12. The predicted octanol–water partition coefficient (Wildman–Crippen LogP) is 1.70. The number of hydrogen-bond donors (Lipinski definition) is 2. The minimum Gasteiger partial charge on any atom is -0.348 e. The van der Waals surface area contributed by atoms with Gasteiger partial charge in [0.25, 0.3) is 5.91 Å². The van der Waals surface area contributed by atoms with Crippen LogP contribution < -0.4 is 11.1 Å². The van der Waals surface area contributed by atoms with Crippen molar-refractivity contribution in [3.8, 4) is 0 Å². The van der Waals surface area contributed by atoms with Crippen molar-refractivity contribution in [3.05, 3.63) is 42.1 Å². The fourth-order valence-electron chi connectivity index (χ4n) is 1.81. The van der Waals surface area contributed by atoms with Crippen LogP contribution in [0.1, 0.15) is 23.8 Å². The lowest BCUT2D eigenvalue weighted by Crippen LogP contribution is -2.34. The molecule has 3 N–H and O–H groups in total. The molecule has 0 radical (unpaired) electrons. The molecule has 1 heterocycles. The molecule has 0 saturated carbocycles. The molecule has 94 valence electrons.